The SMILES string of the molecule is CCOC(CNC(=O)Nc1ccc2c(c1)C(=O)N(CC(C)C)C2=O)OCC. The van der Waals surface area contributed by atoms with Crippen molar-refractivity contribution in [3.63, 3.8) is 0 Å². The Labute approximate surface area is 159 Å². The van der Waals surface area contributed by atoms with Gasteiger partial charge in [-0.2, -0.15) is 0 Å². The van der Waals surface area contributed by atoms with Crippen LogP contribution in [0.25, 0.3) is 0 Å². The molecule has 1 heterocycles. The van der Waals surface area contributed by atoms with Crippen LogP contribution in [0.2, 0.25) is 0 Å². The van der Waals surface area contributed by atoms with E-state index < -0.39 is 12.3 Å². The summed E-state index contributed by atoms with van der Waals surface area (Å²) in [6.45, 7) is 9.08. The van der Waals surface area contributed by atoms with Crippen molar-refractivity contribution in [1.82, 2.24) is 10.2 Å². The smallest absolute Gasteiger partial charge is 0.319 e. The average molecular weight is 377 g/mol. The molecule has 0 saturated carbocycles. The van der Waals surface area contributed by atoms with E-state index in [9.17, 15) is 14.4 Å². The van der Waals surface area contributed by atoms with Crippen LogP contribution in [0.4, 0.5) is 10.5 Å². The molecule has 1 aromatic carbocycles. The second-order valence-electron chi connectivity index (χ2n) is 6.55. The summed E-state index contributed by atoms with van der Waals surface area (Å²) in [5.74, 6) is -0.448. The van der Waals surface area contributed by atoms with E-state index in [1.54, 1.807) is 12.1 Å². The highest BCUT2D eigenvalue weighted by Crippen LogP contribution is 2.26. The molecule has 0 aliphatic carbocycles. The highest BCUT2D eigenvalue weighted by molar-refractivity contribution is 6.21. The third-order valence-corrected chi connectivity index (χ3v) is 3.91. The summed E-state index contributed by atoms with van der Waals surface area (Å²) in [4.78, 5) is 38.2. The zero-order valence-electron chi connectivity index (χ0n) is 16.2. The number of nitrogens with zero attached hydrogens (tertiary/aromatic N) is 1. The summed E-state index contributed by atoms with van der Waals surface area (Å²) >= 11 is 0. The zero-order valence-corrected chi connectivity index (χ0v) is 16.2. The molecule has 0 atom stereocenters. The van der Waals surface area contributed by atoms with Crippen LogP contribution in [-0.4, -0.2) is 55.3 Å². The third-order valence-electron chi connectivity index (χ3n) is 3.91. The van der Waals surface area contributed by atoms with E-state index in [2.05, 4.69) is 10.6 Å². The molecule has 27 heavy (non-hydrogen) atoms. The minimum atomic E-state index is -0.519. The van der Waals surface area contributed by atoms with Gasteiger partial charge in [0.05, 0.1) is 17.7 Å². The number of urea groups is 1. The molecule has 0 aromatic heterocycles. The van der Waals surface area contributed by atoms with Crippen molar-refractivity contribution in [3.8, 4) is 0 Å². The fourth-order valence-electron chi connectivity index (χ4n) is 2.79. The Balaban J connectivity index is 2.00. The van der Waals surface area contributed by atoms with Crippen LogP contribution in [0.3, 0.4) is 0 Å². The number of carbonyl (C=O) groups is 3. The molecule has 0 spiro atoms. The molecule has 2 rings (SSSR count). The Hall–Kier alpha value is -2.45. The number of rotatable bonds is 9. The van der Waals surface area contributed by atoms with Gasteiger partial charge in [-0.15, -0.1) is 0 Å². The van der Waals surface area contributed by atoms with E-state index in [1.165, 1.54) is 11.0 Å². The molecule has 0 saturated heterocycles. The predicted octanol–water partition coefficient (Wildman–Crippen LogP) is 2.46. The lowest BCUT2D eigenvalue weighted by Gasteiger charge is -2.17. The number of amides is 4. The molecule has 148 valence electrons. The van der Waals surface area contributed by atoms with Crippen LogP contribution in [0.1, 0.15) is 48.4 Å². The van der Waals surface area contributed by atoms with Crippen molar-refractivity contribution < 1.29 is 23.9 Å². The summed E-state index contributed by atoms with van der Waals surface area (Å²) in [5, 5.41) is 5.32. The van der Waals surface area contributed by atoms with Crippen molar-refractivity contribution >= 4 is 23.5 Å². The molecule has 1 aliphatic heterocycles. The number of ether oxygens (including phenoxy) is 2. The molecule has 2 N–H and O–H groups in total. The Bertz CT molecular complexity index is 699. The number of carbonyl (C=O) groups excluding carboxylic acids is 3. The van der Waals surface area contributed by atoms with E-state index in [0.29, 0.717) is 36.6 Å². The van der Waals surface area contributed by atoms with Gasteiger partial charge in [-0.3, -0.25) is 14.5 Å². The largest absolute Gasteiger partial charge is 0.351 e. The van der Waals surface area contributed by atoms with Gasteiger partial charge in [0.1, 0.15) is 0 Å². The molecule has 0 bridgehead atoms. The summed E-state index contributed by atoms with van der Waals surface area (Å²) in [5.41, 5.74) is 1.10. The maximum atomic E-state index is 12.5. The van der Waals surface area contributed by atoms with Crippen molar-refractivity contribution in [2.24, 2.45) is 5.92 Å². The van der Waals surface area contributed by atoms with Crippen molar-refractivity contribution in [2.75, 3.05) is 31.6 Å². The number of anilines is 1. The van der Waals surface area contributed by atoms with Crippen molar-refractivity contribution in [1.29, 1.82) is 0 Å². The standard InChI is InChI=1S/C19H27N3O5/c1-5-26-16(27-6-2)10-20-19(25)21-13-7-8-14-15(9-13)18(24)22(17(14)23)11-12(3)4/h7-9,12,16H,5-6,10-11H2,1-4H3,(H2,20,21,25). The van der Waals surface area contributed by atoms with Gasteiger partial charge in [0, 0.05) is 25.4 Å². The van der Waals surface area contributed by atoms with Gasteiger partial charge in [0.2, 0.25) is 0 Å². The van der Waals surface area contributed by atoms with Gasteiger partial charge in [0.25, 0.3) is 11.8 Å². The van der Waals surface area contributed by atoms with Crippen LogP contribution < -0.4 is 10.6 Å². The van der Waals surface area contributed by atoms with E-state index >= 15 is 0 Å². The average Bonchev–Trinajstić information content (AvgIpc) is 2.84. The predicted molar refractivity (Wildman–Crippen MR) is 101 cm³/mol. The molecule has 1 aliphatic rings. The first-order chi connectivity index (χ1) is 12.9. The fourth-order valence-corrected chi connectivity index (χ4v) is 2.79. The molecule has 0 radical (unpaired) electrons. The van der Waals surface area contributed by atoms with Crippen LogP contribution in [0.5, 0.6) is 0 Å². The minimum Gasteiger partial charge on any atom is -0.351 e. The van der Waals surface area contributed by atoms with Gasteiger partial charge in [-0.05, 0) is 38.0 Å². The summed E-state index contributed by atoms with van der Waals surface area (Å²) < 4.78 is 10.7. The monoisotopic (exact) mass is 377 g/mol. The minimum absolute atomic E-state index is 0.180. The number of hydrogen-bond acceptors (Lipinski definition) is 5. The molecule has 8 heteroatoms. The zero-order chi connectivity index (χ0) is 20.0. The van der Waals surface area contributed by atoms with Gasteiger partial charge in [-0.25, -0.2) is 4.79 Å². The fraction of sp³-hybridized carbons (Fsp3) is 0.526. The van der Waals surface area contributed by atoms with E-state index in [-0.39, 0.29) is 24.3 Å². The lowest BCUT2D eigenvalue weighted by Crippen LogP contribution is -2.37. The highest BCUT2D eigenvalue weighted by atomic mass is 16.7. The molecular formula is C19H27N3O5. The maximum Gasteiger partial charge on any atom is 0.319 e. The van der Waals surface area contributed by atoms with E-state index in [4.69, 9.17) is 9.47 Å². The number of hydrogen-bond donors (Lipinski definition) is 2. The summed E-state index contributed by atoms with van der Waals surface area (Å²) in [6, 6.07) is 4.24. The van der Waals surface area contributed by atoms with Gasteiger partial charge in [0.15, 0.2) is 6.29 Å². The Morgan fingerprint density at radius 3 is 2.30 bits per heavy atom. The number of fused-ring (bicyclic) bond motifs is 1. The summed E-state index contributed by atoms with van der Waals surface area (Å²) in [6.07, 6.45) is -0.519. The molecule has 0 unspecified atom stereocenters. The van der Waals surface area contributed by atoms with Gasteiger partial charge in [-0.1, -0.05) is 13.8 Å². The number of imide groups is 1. The first kappa shape index (κ1) is 20.9. The Morgan fingerprint density at radius 1 is 1.07 bits per heavy atom. The number of benzene rings is 1. The second kappa shape index (κ2) is 9.48. The molecule has 8 nitrogen and oxygen atoms in total. The lowest BCUT2D eigenvalue weighted by molar-refractivity contribution is -0.131. The van der Waals surface area contributed by atoms with Crippen LogP contribution in [0, 0.1) is 5.92 Å². The first-order valence-electron chi connectivity index (χ1n) is 9.15. The normalized spacial score (nSPS) is 13.5. The highest BCUT2D eigenvalue weighted by Gasteiger charge is 2.35. The molecule has 0 fully saturated rings. The summed E-state index contributed by atoms with van der Waals surface area (Å²) in [7, 11) is 0. The Morgan fingerprint density at radius 2 is 1.70 bits per heavy atom. The van der Waals surface area contributed by atoms with Crippen LogP contribution in [-0.2, 0) is 9.47 Å². The van der Waals surface area contributed by atoms with Gasteiger partial charge < -0.3 is 20.1 Å². The van der Waals surface area contributed by atoms with Crippen molar-refractivity contribution in [3.05, 3.63) is 29.3 Å². The second-order valence-corrected chi connectivity index (χ2v) is 6.55. The first-order valence-corrected chi connectivity index (χ1v) is 9.15. The quantitative estimate of drug-likeness (QED) is 0.509. The van der Waals surface area contributed by atoms with Gasteiger partial charge >= 0.3 is 6.03 Å². The maximum absolute atomic E-state index is 12.5. The van der Waals surface area contributed by atoms with Crippen LogP contribution in [0.15, 0.2) is 18.2 Å². The van der Waals surface area contributed by atoms with Crippen LogP contribution >= 0.6 is 0 Å². The molecule has 4 amide bonds. The van der Waals surface area contributed by atoms with E-state index in [0.717, 1.165) is 0 Å². The number of nitrogens with one attached hydrogen (secondary N) is 2. The van der Waals surface area contributed by atoms with E-state index in [1.807, 2.05) is 27.7 Å². The topological polar surface area (TPSA) is 97.0 Å². The Kier molecular flexibility index (Phi) is 7.32. The third kappa shape index (κ3) is 5.27. The molecule has 1 aromatic rings. The lowest BCUT2D eigenvalue weighted by atomic mass is 10.1. The van der Waals surface area contributed by atoms with Crippen molar-refractivity contribution in [2.45, 2.75) is 34.0 Å². The molecular weight excluding hydrogens is 350 g/mol.